The van der Waals surface area contributed by atoms with E-state index < -0.39 is 0 Å². The van der Waals surface area contributed by atoms with E-state index in [1.165, 1.54) is 0 Å². The Morgan fingerprint density at radius 3 is 2.46 bits per heavy atom. The summed E-state index contributed by atoms with van der Waals surface area (Å²) in [4.78, 5) is 40.1. The molecule has 1 aromatic heterocycles. The highest BCUT2D eigenvalue weighted by Crippen LogP contribution is 2.30. The first-order valence-electron chi connectivity index (χ1n) is 12.3. The number of aromatic nitrogens is 1. The molecule has 8 heteroatoms. The normalized spacial score (nSPS) is 18.7. The van der Waals surface area contributed by atoms with E-state index in [1.54, 1.807) is 6.07 Å². The van der Waals surface area contributed by atoms with Crippen LogP contribution in [0.3, 0.4) is 0 Å². The highest BCUT2D eigenvalue weighted by molar-refractivity contribution is 6.31. The van der Waals surface area contributed by atoms with Gasteiger partial charge in [-0.25, -0.2) is 0 Å². The molecule has 1 saturated carbocycles. The molecule has 1 aliphatic rings. The molecule has 1 unspecified atom stereocenters. The van der Waals surface area contributed by atoms with Gasteiger partial charge in [-0.1, -0.05) is 11.6 Å². The predicted octanol–water partition coefficient (Wildman–Crippen LogP) is 4.66. The Balaban J connectivity index is 1.67. The third kappa shape index (κ3) is 6.73. The molecule has 2 aromatic rings. The molecular formula is C27H36ClN3O4. The number of nitrogens with one attached hydrogen (secondary N) is 3. The molecule has 1 aromatic carbocycles. The number of carbonyl (C=O) groups excluding carboxylic acids is 2. The summed E-state index contributed by atoms with van der Waals surface area (Å²) in [6.45, 7) is 10.1. The summed E-state index contributed by atoms with van der Waals surface area (Å²) in [5.41, 5.74) is 4.27. The van der Waals surface area contributed by atoms with Crippen LogP contribution in [0.25, 0.3) is 0 Å². The molecule has 1 aliphatic carbocycles. The standard InChI is InChI=1S/C27H36ClN3O4/c1-6-35-27(34)19-7-9-21(10-8-19)31-18(5)22-12-20(28)13-23(17(22)4)25(32)29-14-24-15(2)11-16(3)30-26(24)33/h11-13,18-19,21,31H,6-10,14H2,1-5H3,(H,29,32)(H,30,33). The van der Waals surface area contributed by atoms with Gasteiger partial charge in [0.05, 0.1) is 12.5 Å². The van der Waals surface area contributed by atoms with Gasteiger partial charge in [0.25, 0.3) is 11.5 Å². The minimum Gasteiger partial charge on any atom is -0.466 e. The van der Waals surface area contributed by atoms with Gasteiger partial charge in [0.15, 0.2) is 0 Å². The fourth-order valence-corrected chi connectivity index (χ4v) is 5.18. The third-order valence-electron chi connectivity index (χ3n) is 6.88. The van der Waals surface area contributed by atoms with Gasteiger partial charge in [0.1, 0.15) is 0 Å². The quantitative estimate of drug-likeness (QED) is 0.457. The number of hydrogen-bond donors (Lipinski definition) is 3. The molecule has 3 N–H and O–H groups in total. The minimum atomic E-state index is -0.271. The minimum absolute atomic E-state index is 0.0177. The van der Waals surface area contributed by atoms with E-state index in [0.717, 1.165) is 48.1 Å². The number of benzene rings is 1. The van der Waals surface area contributed by atoms with Crippen LogP contribution in [0.4, 0.5) is 0 Å². The summed E-state index contributed by atoms with van der Waals surface area (Å²) in [7, 11) is 0. The lowest BCUT2D eigenvalue weighted by atomic mass is 9.85. The SMILES string of the molecule is CCOC(=O)C1CCC(NC(C)c2cc(Cl)cc(C(=O)NCc3c(C)cc(C)[nH]c3=O)c2C)CC1. The number of halogens is 1. The van der Waals surface area contributed by atoms with Gasteiger partial charge in [-0.15, -0.1) is 0 Å². The van der Waals surface area contributed by atoms with Crippen molar-refractivity contribution >= 4 is 23.5 Å². The summed E-state index contributed by atoms with van der Waals surface area (Å²) in [6, 6.07) is 5.71. The summed E-state index contributed by atoms with van der Waals surface area (Å²) in [6.07, 6.45) is 3.41. The van der Waals surface area contributed by atoms with Crippen LogP contribution >= 0.6 is 11.6 Å². The first kappa shape index (κ1) is 27.0. The summed E-state index contributed by atoms with van der Waals surface area (Å²) < 4.78 is 5.17. The van der Waals surface area contributed by atoms with Gasteiger partial charge in [0, 0.05) is 40.5 Å². The Morgan fingerprint density at radius 2 is 1.83 bits per heavy atom. The summed E-state index contributed by atoms with van der Waals surface area (Å²) in [5, 5.41) is 7.01. The maximum Gasteiger partial charge on any atom is 0.308 e. The zero-order chi connectivity index (χ0) is 25.7. The number of hydrogen-bond acceptors (Lipinski definition) is 5. The van der Waals surface area contributed by atoms with E-state index in [0.29, 0.717) is 22.8 Å². The van der Waals surface area contributed by atoms with E-state index >= 15 is 0 Å². The lowest BCUT2D eigenvalue weighted by Crippen LogP contribution is -2.37. The smallest absolute Gasteiger partial charge is 0.308 e. The zero-order valence-electron chi connectivity index (χ0n) is 21.2. The Hall–Kier alpha value is -2.64. The number of aryl methyl sites for hydroxylation is 2. The molecule has 1 amide bonds. The molecule has 1 atom stereocenters. The van der Waals surface area contributed by atoms with Crippen LogP contribution < -0.4 is 16.2 Å². The number of esters is 1. The topological polar surface area (TPSA) is 100 Å². The highest BCUT2D eigenvalue weighted by Gasteiger charge is 2.28. The molecule has 1 heterocycles. The van der Waals surface area contributed by atoms with Gasteiger partial charge >= 0.3 is 5.97 Å². The van der Waals surface area contributed by atoms with Crippen LogP contribution in [0.1, 0.15) is 83.9 Å². The number of amides is 1. The Morgan fingerprint density at radius 1 is 1.14 bits per heavy atom. The number of H-pyrrole nitrogens is 1. The highest BCUT2D eigenvalue weighted by atomic mass is 35.5. The van der Waals surface area contributed by atoms with Gasteiger partial charge in [-0.3, -0.25) is 14.4 Å². The first-order valence-corrected chi connectivity index (χ1v) is 12.7. The molecule has 190 valence electrons. The van der Waals surface area contributed by atoms with Crippen molar-refractivity contribution in [3.63, 3.8) is 0 Å². The molecule has 0 bridgehead atoms. The average molecular weight is 502 g/mol. The van der Waals surface area contributed by atoms with E-state index in [9.17, 15) is 14.4 Å². The second kappa shape index (κ2) is 11.9. The van der Waals surface area contributed by atoms with Crippen molar-refractivity contribution in [2.75, 3.05) is 6.61 Å². The summed E-state index contributed by atoms with van der Waals surface area (Å²) in [5.74, 6) is -0.383. The molecule has 0 spiro atoms. The molecule has 1 fully saturated rings. The van der Waals surface area contributed by atoms with Crippen molar-refractivity contribution in [1.29, 1.82) is 0 Å². The lowest BCUT2D eigenvalue weighted by Gasteiger charge is -2.31. The second-order valence-corrected chi connectivity index (χ2v) is 9.92. The Kier molecular flexibility index (Phi) is 9.14. The first-order chi connectivity index (χ1) is 16.6. The van der Waals surface area contributed by atoms with Crippen LogP contribution in [0.2, 0.25) is 5.02 Å². The van der Waals surface area contributed by atoms with E-state index in [2.05, 4.69) is 22.5 Å². The van der Waals surface area contributed by atoms with Crippen molar-refractivity contribution < 1.29 is 14.3 Å². The van der Waals surface area contributed by atoms with Crippen molar-refractivity contribution in [1.82, 2.24) is 15.6 Å². The lowest BCUT2D eigenvalue weighted by molar-refractivity contribution is -0.149. The summed E-state index contributed by atoms with van der Waals surface area (Å²) >= 11 is 6.41. The van der Waals surface area contributed by atoms with E-state index in [1.807, 2.05) is 39.8 Å². The molecule has 0 aliphatic heterocycles. The Labute approximate surface area is 212 Å². The number of pyridine rings is 1. The number of carbonyl (C=O) groups is 2. The van der Waals surface area contributed by atoms with E-state index in [-0.39, 0.29) is 42.0 Å². The van der Waals surface area contributed by atoms with Crippen molar-refractivity contribution in [3.8, 4) is 0 Å². The maximum absolute atomic E-state index is 13.1. The maximum atomic E-state index is 13.1. The van der Waals surface area contributed by atoms with Crippen molar-refractivity contribution in [3.05, 3.63) is 67.1 Å². The van der Waals surface area contributed by atoms with Crippen molar-refractivity contribution in [2.45, 2.75) is 78.9 Å². The fourth-order valence-electron chi connectivity index (χ4n) is 4.95. The molecule has 35 heavy (non-hydrogen) atoms. The van der Waals surface area contributed by atoms with Crippen LogP contribution in [-0.4, -0.2) is 29.5 Å². The van der Waals surface area contributed by atoms with Gasteiger partial charge in [0.2, 0.25) is 0 Å². The van der Waals surface area contributed by atoms with Gasteiger partial charge in [-0.05, 0) is 95.2 Å². The van der Waals surface area contributed by atoms with Crippen molar-refractivity contribution in [2.24, 2.45) is 5.92 Å². The van der Waals surface area contributed by atoms with Gasteiger partial charge in [-0.2, -0.15) is 0 Å². The third-order valence-corrected chi connectivity index (χ3v) is 7.09. The van der Waals surface area contributed by atoms with Crippen LogP contribution in [-0.2, 0) is 16.1 Å². The predicted molar refractivity (Wildman–Crippen MR) is 138 cm³/mol. The molecule has 7 nitrogen and oxygen atoms in total. The zero-order valence-corrected chi connectivity index (χ0v) is 22.0. The average Bonchev–Trinajstić information content (AvgIpc) is 2.80. The molecular weight excluding hydrogens is 466 g/mol. The Bertz CT molecular complexity index is 1140. The monoisotopic (exact) mass is 501 g/mol. The fraction of sp³-hybridized carbons (Fsp3) is 0.519. The number of rotatable bonds is 8. The molecule has 0 radical (unpaired) electrons. The number of ether oxygens (including phenoxy) is 1. The second-order valence-electron chi connectivity index (χ2n) is 9.48. The van der Waals surface area contributed by atoms with Gasteiger partial charge < -0.3 is 20.4 Å². The molecule has 0 saturated heterocycles. The van der Waals surface area contributed by atoms with Crippen LogP contribution in [0.5, 0.6) is 0 Å². The largest absolute Gasteiger partial charge is 0.466 e. The van der Waals surface area contributed by atoms with Crippen LogP contribution in [0, 0.1) is 26.7 Å². The number of aromatic amines is 1. The van der Waals surface area contributed by atoms with E-state index in [4.69, 9.17) is 16.3 Å². The van der Waals surface area contributed by atoms with Crippen LogP contribution in [0.15, 0.2) is 23.0 Å². The molecule has 3 rings (SSSR count).